The van der Waals surface area contributed by atoms with Crippen LogP contribution in [0.2, 0.25) is 5.02 Å². The maximum absolute atomic E-state index is 12.5. The van der Waals surface area contributed by atoms with Gasteiger partial charge in [0.2, 0.25) is 5.91 Å². The molecule has 1 N–H and O–H groups in total. The zero-order valence-corrected chi connectivity index (χ0v) is 18.3. The van der Waals surface area contributed by atoms with Gasteiger partial charge in [-0.25, -0.2) is 0 Å². The molecule has 0 saturated carbocycles. The van der Waals surface area contributed by atoms with Crippen molar-refractivity contribution in [3.05, 3.63) is 75.7 Å². The number of anilines is 1. The standard InChI is InChI=1S/C22H23BrClN3O/c1-15(2)12-22(3)14-27(26-21(22)16-4-8-18(24)9-5-16)13-20(28)25-19-10-6-17(23)7-11-19/h4-11H,1,12-14H2,2-3H3,(H,25,28). The van der Waals surface area contributed by atoms with Crippen LogP contribution in [0.1, 0.15) is 25.8 Å². The van der Waals surface area contributed by atoms with Crippen LogP contribution in [0.3, 0.4) is 0 Å². The van der Waals surface area contributed by atoms with Gasteiger partial charge in [-0.3, -0.25) is 9.80 Å². The van der Waals surface area contributed by atoms with Crippen LogP contribution in [0.25, 0.3) is 0 Å². The van der Waals surface area contributed by atoms with Crippen LogP contribution in [-0.4, -0.2) is 29.7 Å². The van der Waals surface area contributed by atoms with Crippen LogP contribution in [0.4, 0.5) is 5.69 Å². The third-order valence-corrected chi connectivity index (χ3v) is 5.39. The Balaban J connectivity index is 1.77. The molecule has 0 saturated heterocycles. The van der Waals surface area contributed by atoms with Crippen LogP contribution >= 0.6 is 27.5 Å². The maximum Gasteiger partial charge on any atom is 0.245 e. The van der Waals surface area contributed by atoms with E-state index in [9.17, 15) is 4.79 Å². The Hall–Kier alpha value is -2.11. The summed E-state index contributed by atoms with van der Waals surface area (Å²) in [7, 11) is 0. The van der Waals surface area contributed by atoms with Crippen LogP contribution < -0.4 is 5.32 Å². The summed E-state index contributed by atoms with van der Waals surface area (Å²) < 4.78 is 0.970. The highest BCUT2D eigenvalue weighted by molar-refractivity contribution is 9.10. The molecular weight excluding hydrogens is 438 g/mol. The molecule has 2 aromatic carbocycles. The molecule has 0 fully saturated rings. The molecule has 3 rings (SSSR count). The number of hydrogen-bond donors (Lipinski definition) is 1. The Kier molecular flexibility index (Phi) is 6.26. The lowest BCUT2D eigenvalue weighted by molar-refractivity contribution is -0.117. The summed E-state index contributed by atoms with van der Waals surface area (Å²) in [6, 6.07) is 15.2. The van der Waals surface area contributed by atoms with Gasteiger partial charge >= 0.3 is 0 Å². The van der Waals surface area contributed by atoms with Crippen LogP contribution in [0, 0.1) is 5.41 Å². The lowest BCUT2D eigenvalue weighted by Crippen LogP contribution is -2.34. The average Bonchev–Trinajstić information content (AvgIpc) is 2.92. The molecule has 1 heterocycles. The quantitative estimate of drug-likeness (QED) is 0.559. The van der Waals surface area contributed by atoms with E-state index in [-0.39, 0.29) is 17.9 Å². The van der Waals surface area contributed by atoms with E-state index >= 15 is 0 Å². The van der Waals surface area contributed by atoms with E-state index < -0.39 is 0 Å². The average molecular weight is 461 g/mol. The monoisotopic (exact) mass is 459 g/mol. The van der Waals surface area contributed by atoms with Crippen molar-refractivity contribution in [2.45, 2.75) is 20.3 Å². The maximum atomic E-state index is 12.5. The smallest absolute Gasteiger partial charge is 0.245 e. The van der Waals surface area contributed by atoms with Gasteiger partial charge in [0, 0.05) is 27.1 Å². The van der Waals surface area contributed by atoms with Crippen molar-refractivity contribution in [1.82, 2.24) is 5.01 Å². The van der Waals surface area contributed by atoms with Crippen molar-refractivity contribution in [2.75, 3.05) is 18.4 Å². The minimum atomic E-state index is -0.211. The first-order chi connectivity index (χ1) is 13.2. The summed E-state index contributed by atoms with van der Waals surface area (Å²) in [6.07, 6.45) is 0.805. The molecule has 1 aliphatic heterocycles. The Bertz CT molecular complexity index is 908. The van der Waals surface area contributed by atoms with Crippen molar-refractivity contribution in [3.63, 3.8) is 0 Å². The fraction of sp³-hybridized carbons (Fsp3) is 0.273. The van der Waals surface area contributed by atoms with Gasteiger partial charge < -0.3 is 5.32 Å². The molecule has 28 heavy (non-hydrogen) atoms. The SMILES string of the molecule is C=C(C)CC1(C)CN(CC(=O)Nc2ccc(Br)cc2)N=C1c1ccc(Cl)cc1. The number of benzene rings is 2. The van der Waals surface area contributed by atoms with Crippen molar-refractivity contribution >= 4 is 44.8 Å². The molecule has 1 amide bonds. The molecule has 0 bridgehead atoms. The molecule has 146 valence electrons. The molecule has 4 nitrogen and oxygen atoms in total. The number of allylic oxidation sites excluding steroid dienone is 1. The number of carbonyl (C=O) groups is 1. The molecule has 0 spiro atoms. The number of nitrogens with zero attached hydrogens (tertiary/aromatic N) is 2. The molecule has 0 aromatic heterocycles. The van der Waals surface area contributed by atoms with Gasteiger partial charge in [-0.15, -0.1) is 6.58 Å². The Morgan fingerprint density at radius 3 is 2.50 bits per heavy atom. The fourth-order valence-electron chi connectivity index (χ4n) is 3.59. The third kappa shape index (κ3) is 5.03. The van der Waals surface area contributed by atoms with E-state index in [1.54, 1.807) is 0 Å². The predicted octanol–water partition coefficient (Wildman–Crippen LogP) is 5.73. The molecule has 1 unspecified atom stereocenters. The first-order valence-corrected chi connectivity index (χ1v) is 10.2. The zero-order valence-electron chi connectivity index (χ0n) is 16.0. The molecule has 1 aliphatic rings. The van der Waals surface area contributed by atoms with E-state index in [0.29, 0.717) is 11.6 Å². The fourth-order valence-corrected chi connectivity index (χ4v) is 3.98. The van der Waals surface area contributed by atoms with Crippen molar-refractivity contribution in [1.29, 1.82) is 0 Å². The number of carbonyl (C=O) groups excluding carboxylic acids is 1. The molecule has 1 atom stereocenters. The van der Waals surface area contributed by atoms with E-state index in [0.717, 1.165) is 33.4 Å². The van der Waals surface area contributed by atoms with E-state index in [1.165, 1.54) is 0 Å². The highest BCUT2D eigenvalue weighted by Crippen LogP contribution is 2.36. The predicted molar refractivity (Wildman–Crippen MR) is 120 cm³/mol. The Morgan fingerprint density at radius 1 is 1.25 bits per heavy atom. The molecule has 6 heteroatoms. The zero-order chi connectivity index (χ0) is 20.3. The van der Waals surface area contributed by atoms with Crippen LogP contribution in [-0.2, 0) is 4.79 Å². The summed E-state index contributed by atoms with van der Waals surface area (Å²) in [5, 5.41) is 10.2. The minimum Gasteiger partial charge on any atom is -0.324 e. The van der Waals surface area contributed by atoms with Gasteiger partial charge in [-0.1, -0.05) is 52.2 Å². The van der Waals surface area contributed by atoms with Crippen molar-refractivity contribution < 1.29 is 4.79 Å². The van der Waals surface area contributed by atoms with E-state index in [2.05, 4.69) is 34.7 Å². The van der Waals surface area contributed by atoms with Crippen LogP contribution in [0.15, 0.2) is 70.3 Å². The highest BCUT2D eigenvalue weighted by atomic mass is 79.9. The summed E-state index contributed by atoms with van der Waals surface area (Å²) >= 11 is 9.43. The normalized spacial score (nSPS) is 18.7. The van der Waals surface area contributed by atoms with Crippen molar-refractivity contribution in [2.24, 2.45) is 10.5 Å². The number of nitrogens with one attached hydrogen (secondary N) is 1. The van der Waals surface area contributed by atoms with Gasteiger partial charge in [0.15, 0.2) is 0 Å². The summed E-state index contributed by atoms with van der Waals surface area (Å²) in [6.45, 7) is 9.12. The number of hydrogen-bond acceptors (Lipinski definition) is 3. The van der Waals surface area contributed by atoms with Crippen LogP contribution in [0.5, 0.6) is 0 Å². The molecule has 0 aliphatic carbocycles. The van der Waals surface area contributed by atoms with E-state index in [4.69, 9.17) is 16.7 Å². The molecule has 2 aromatic rings. The second-order valence-corrected chi connectivity index (χ2v) is 8.88. The number of halogens is 2. The summed E-state index contributed by atoms with van der Waals surface area (Å²) in [4.78, 5) is 12.5. The van der Waals surface area contributed by atoms with E-state index in [1.807, 2.05) is 60.5 Å². The van der Waals surface area contributed by atoms with Gasteiger partial charge in [-0.05, 0) is 55.3 Å². The topological polar surface area (TPSA) is 44.7 Å². The molecular formula is C22H23BrClN3O. The van der Waals surface area contributed by atoms with Gasteiger partial charge in [-0.2, -0.15) is 5.10 Å². The summed E-state index contributed by atoms with van der Waals surface area (Å²) in [5.74, 6) is -0.0962. The lowest BCUT2D eigenvalue weighted by Gasteiger charge is -2.27. The highest BCUT2D eigenvalue weighted by Gasteiger charge is 2.39. The summed E-state index contributed by atoms with van der Waals surface area (Å²) in [5.41, 5.74) is 3.62. The van der Waals surface area contributed by atoms with Crippen molar-refractivity contribution in [3.8, 4) is 0 Å². The Labute approximate surface area is 179 Å². The number of rotatable bonds is 6. The Morgan fingerprint density at radius 2 is 1.89 bits per heavy atom. The molecule has 0 radical (unpaired) electrons. The number of hydrazone groups is 1. The largest absolute Gasteiger partial charge is 0.324 e. The first-order valence-electron chi connectivity index (χ1n) is 9.05. The first kappa shape index (κ1) is 20.6. The van der Waals surface area contributed by atoms with Gasteiger partial charge in [0.1, 0.15) is 6.54 Å². The van der Waals surface area contributed by atoms with Gasteiger partial charge in [0.25, 0.3) is 0 Å². The third-order valence-electron chi connectivity index (χ3n) is 4.61. The number of amides is 1. The second-order valence-electron chi connectivity index (χ2n) is 7.53. The lowest BCUT2D eigenvalue weighted by atomic mass is 9.77. The van der Waals surface area contributed by atoms with Gasteiger partial charge in [0.05, 0.1) is 5.71 Å². The second kappa shape index (κ2) is 8.50. The minimum absolute atomic E-state index is 0.0962.